The minimum Gasteiger partial charge on any atom is -0.481 e. The first kappa shape index (κ1) is 18.4. The maximum Gasteiger partial charge on any atom is 0.329 e. The van der Waals surface area contributed by atoms with Gasteiger partial charge in [0.25, 0.3) is 0 Å². The fourth-order valence-electron chi connectivity index (χ4n) is 1.52. The van der Waals surface area contributed by atoms with Gasteiger partial charge in [-0.15, -0.1) is 0 Å². The summed E-state index contributed by atoms with van der Waals surface area (Å²) in [6.45, 7) is 7.10. The summed E-state index contributed by atoms with van der Waals surface area (Å²) >= 11 is 0. The van der Waals surface area contributed by atoms with E-state index in [1.54, 1.807) is 20.8 Å². The summed E-state index contributed by atoms with van der Waals surface area (Å²) in [5, 5.41) is 11.1. The molecule has 7 nitrogen and oxygen atoms in total. The molecule has 0 unspecified atom stereocenters. The standard InChI is InChI=1S/C13H24N2O5/c1-5-8(4)11(13(19)20-7(2)3)15-12(18)9(14)6-10(16)17/h7-9,11H,5-6,14H2,1-4H3,(H,15,18)(H,16,17)/t8-,9-,11-/m0/s1. The van der Waals surface area contributed by atoms with Crippen molar-refractivity contribution in [3.05, 3.63) is 0 Å². The van der Waals surface area contributed by atoms with E-state index in [4.69, 9.17) is 15.6 Å². The van der Waals surface area contributed by atoms with Crippen LogP contribution in [0.2, 0.25) is 0 Å². The van der Waals surface area contributed by atoms with Crippen molar-refractivity contribution in [3.8, 4) is 0 Å². The molecule has 0 spiro atoms. The van der Waals surface area contributed by atoms with Gasteiger partial charge in [0.2, 0.25) is 5.91 Å². The van der Waals surface area contributed by atoms with Crippen molar-refractivity contribution >= 4 is 17.8 Å². The zero-order valence-corrected chi connectivity index (χ0v) is 12.4. The third kappa shape index (κ3) is 6.51. The van der Waals surface area contributed by atoms with Gasteiger partial charge in [0.15, 0.2) is 0 Å². The van der Waals surface area contributed by atoms with Crippen molar-refractivity contribution in [2.45, 2.75) is 58.7 Å². The maximum absolute atomic E-state index is 11.9. The number of nitrogens with two attached hydrogens (primary N) is 1. The predicted molar refractivity (Wildman–Crippen MR) is 72.8 cm³/mol. The quantitative estimate of drug-likeness (QED) is 0.552. The van der Waals surface area contributed by atoms with E-state index in [2.05, 4.69) is 5.32 Å². The molecular formula is C13H24N2O5. The van der Waals surface area contributed by atoms with E-state index in [9.17, 15) is 14.4 Å². The Labute approximate surface area is 118 Å². The molecule has 0 aliphatic rings. The molecule has 7 heteroatoms. The lowest BCUT2D eigenvalue weighted by Crippen LogP contribution is -2.52. The second-order valence-electron chi connectivity index (χ2n) is 5.06. The Hall–Kier alpha value is -1.63. The lowest BCUT2D eigenvalue weighted by atomic mass is 9.98. The average molecular weight is 288 g/mol. The van der Waals surface area contributed by atoms with Crippen molar-refractivity contribution in [3.63, 3.8) is 0 Å². The van der Waals surface area contributed by atoms with Gasteiger partial charge in [0.05, 0.1) is 18.6 Å². The molecule has 0 saturated carbocycles. The molecule has 0 saturated heterocycles. The second kappa shape index (κ2) is 8.52. The van der Waals surface area contributed by atoms with Crippen molar-refractivity contribution in [2.75, 3.05) is 0 Å². The van der Waals surface area contributed by atoms with Crippen LogP contribution in [0.15, 0.2) is 0 Å². The van der Waals surface area contributed by atoms with Crippen molar-refractivity contribution in [1.29, 1.82) is 0 Å². The Morgan fingerprint density at radius 1 is 1.25 bits per heavy atom. The molecule has 0 aromatic carbocycles. The van der Waals surface area contributed by atoms with E-state index >= 15 is 0 Å². The smallest absolute Gasteiger partial charge is 0.329 e. The van der Waals surface area contributed by atoms with E-state index in [0.717, 1.165) is 0 Å². The third-order valence-corrected chi connectivity index (χ3v) is 2.85. The molecular weight excluding hydrogens is 264 g/mol. The van der Waals surface area contributed by atoms with Gasteiger partial charge in [-0.25, -0.2) is 4.79 Å². The molecule has 0 heterocycles. The fraction of sp³-hybridized carbons (Fsp3) is 0.769. The lowest BCUT2D eigenvalue weighted by Gasteiger charge is -2.24. The van der Waals surface area contributed by atoms with Gasteiger partial charge in [-0.2, -0.15) is 0 Å². The van der Waals surface area contributed by atoms with E-state index < -0.39 is 36.4 Å². The fourth-order valence-corrected chi connectivity index (χ4v) is 1.52. The Morgan fingerprint density at radius 2 is 1.80 bits per heavy atom. The Kier molecular flexibility index (Phi) is 7.83. The summed E-state index contributed by atoms with van der Waals surface area (Å²) in [5.74, 6) is -2.51. The lowest BCUT2D eigenvalue weighted by molar-refractivity contribution is -0.153. The summed E-state index contributed by atoms with van der Waals surface area (Å²) in [7, 11) is 0. The molecule has 0 radical (unpaired) electrons. The molecule has 0 aliphatic carbocycles. The number of carboxylic acids is 1. The van der Waals surface area contributed by atoms with Crippen LogP contribution in [0.5, 0.6) is 0 Å². The number of hydrogen-bond donors (Lipinski definition) is 3. The molecule has 1 amide bonds. The molecule has 3 atom stereocenters. The minimum absolute atomic E-state index is 0.137. The summed E-state index contributed by atoms with van der Waals surface area (Å²) in [4.78, 5) is 34.3. The first-order chi connectivity index (χ1) is 9.18. The first-order valence-electron chi connectivity index (χ1n) is 6.67. The monoisotopic (exact) mass is 288 g/mol. The van der Waals surface area contributed by atoms with Crippen molar-refractivity contribution < 1.29 is 24.2 Å². The predicted octanol–water partition coefficient (Wildman–Crippen LogP) is 0.271. The number of carbonyl (C=O) groups excluding carboxylic acids is 2. The molecule has 0 aromatic heterocycles. The molecule has 0 aromatic rings. The van der Waals surface area contributed by atoms with Crippen LogP contribution in [0.4, 0.5) is 0 Å². The number of carboxylic acid groups (broad SMARTS) is 1. The van der Waals surface area contributed by atoms with Crippen molar-refractivity contribution in [2.24, 2.45) is 11.7 Å². The third-order valence-electron chi connectivity index (χ3n) is 2.85. The average Bonchev–Trinajstić information content (AvgIpc) is 2.32. The SMILES string of the molecule is CC[C@H](C)[C@H](NC(=O)[C@@H](N)CC(=O)O)C(=O)OC(C)C. The van der Waals surface area contributed by atoms with Crippen LogP contribution in [0.25, 0.3) is 0 Å². The van der Waals surface area contributed by atoms with Crippen LogP contribution in [-0.2, 0) is 19.1 Å². The number of carbonyl (C=O) groups is 3. The number of amides is 1. The van der Waals surface area contributed by atoms with Crippen LogP contribution in [0.1, 0.15) is 40.5 Å². The van der Waals surface area contributed by atoms with Gasteiger partial charge in [0, 0.05) is 0 Å². The highest BCUT2D eigenvalue weighted by Crippen LogP contribution is 2.11. The van der Waals surface area contributed by atoms with Gasteiger partial charge in [-0.1, -0.05) is 20.3 Å². The zero-order valence-electron chi connectivity index (χ0n) is 12.4. The zero-order chi connectivity index (χ0) is 15.9. The number of esters is 1. The van der Waals surface area contributed by atoms with E-state index in [-0.39, 0.29) is 12.0 Å². The number of nitrogens with one attached hydrogen (secondary N) is 1. The van der Waals surface area contributed by atoms with Gasteiger partial charge >= 0.3 is 11.9 Å². The van der Waals surface area contributed by atoms with Crippen LogP contribution >= 0.6 is 0 Å². The summed E-state index contributed by atoms with van der Waals surface area (Å²) in [6, 6.07) is -2.01. The maximum atomic E-state index is 11.9. The molecule has 0 bridgehead atoms. The number of hydrogen-bond acceptors (Lipinski definition) is 5. The van der Waals surface area contributed by atoms with Gasteiger partial charge in [0.1, 0.15) is 6.04 Å². The molecule has 0 aliphatic heterocycles. The summed E-state index contributed by atoms with van der Waals surface area (Å²) in [6.07, 6.45) is -0.122. The highest BCUT2D eigenvalue weighted by molar-refractivity contribution is 5.89. The van der Waals surface area contributed by atoms with Crippen LogP contribution in [0.3, 0.4) is 0 Å². The molecule has 20 heavy (non-hydrogen) atoms. The summed E-state index contributed by atoms with van der Waals surface area (Å²) < 4.78 is 5.09. The second-order valence-corrected chi connectivity index (χ2v) is 5.06. The van der Waals surface area contributed by atoms with Crippen LogP contribution in [0, 0.1) is 5.92 Å². The molecule has 0 rings (SSSR count). The van der Waals surface area contributed by atoms with E-state index in [0.29, 0.717) is 6.42 Å². The van der Waals surface area contributed by atoms with Gasteiger partial charge in [-0.3, -0.25) is 9.59 Å². The highest BCUT2D eigenvalue weighted by atomic mass is 16.5. The number of aliphatic carboxylic acids is 1. The van der Waals surface area contributed by atoms with Gasteiger partial charge in [-0.05, 0) is 19.8 Å². The molecule has 116 valence electrons. The Morgan fingerprint density at radius 3 is 2.20 bits per heavy atom. The van der Waals surface area contributed by atoms with Crippen LogP contribution in [-0.4, -0.2) is 41.1 Å². The van der Waals surface area contributed by atoms with E-state index in [1.807, 2.05) is 6.92 Å². The normalized spacial score (nSPS) is 15.3. The number of ether oxygens (including phenoxy) is 1. The van der Waals surface area contributed by atoms with E-state index in [1.165, 1.54) is 0 Å². The largest absolute Gasteiger partial charge is 0.481 e. The van der Waals surface area contributed by atoms with Crippen LogP contribution < -0.4 is 11.1 Å². The topological polar surface area (TPSA) is 119 Å². The molecule has 4 N–H and O–H groups in total. The van der Waals surface area contributed by atoms with Gasteiger partial charge < -0.3 is 20.9 Å². The van der Waals surface area contributed by atoms with Crippen molar-refractivity contribution in [1.82, 2.24) is 5.32 Å². The first-order valence-corrected chi connectivity index (χ1v) is 6.67. The molecule has 0 fully saturated rings. The summed E-state index contributed by atoms with van der Waals surface area (Å²) in [5.41, 5.74) is 5.46. The number of rotatable bonds is 8. The minimum atomic E-state index is -1.19. The highest BCUT2D eigenvalue weighted by Gasteiger charge is 2.30. The Bertz CT molecular complexity index is 357. The Balaban J connectivity index is 4.77.